The van der Waals surface area contributed by atoms with Crippen LogP contribution in [0, 0.1) is 5.92 Å². The van der Waals surface area contributed by atoms with Gasteiger partial charge < -0.3 is 10.5 Å². The first kappa shape index (κ1) is 12.5. The van der Waals surface area contributed by atoms with Crippen molar-refractivity contribution in [2.45, 2.75) is 13.8 Å². The molecular formula is C11H14BrNOS. The average molecular weight is 288 g/mol. The number of benzene rings is 1. The van der Waals surface area contributed by atoms with Gasteiger partial charge in [-0.1, -0.05) is 26.1 Å². The molecule has 0 atom stereocenters. The smallest absolute Gasteiger partial charge is 0.133 e. The quantitative estimate of drug-likeness (QED) is 0.865. The first-order chi connectivity index (χ1) is 7.00. The number of hydrogen-bond acceptors (Lipinski definition) is 2. The summed E-state index contributed by atoms with van der Waals surface area (Å²) >= 11 is 8.31. The van der Waals surface area contributed by atoms with Crippen molar-refractivity contribution in [1.82, 2.24) is 0 Å². The molecule has 0 unspecified atom stereocenters. The molecule has 15 heavy (non-hydrogen) atoms. The van der Waals surface area contributed by atoms with Crippen LogP contribution in [0.4, 0.5) is 0 Å². The number of halogens is 1. The van der Waals surface area contributed by atoms with Gasteiger partial charge in [0.25, 0.3) is 0 Å². The minimum Gasteiger partial charge on any atom is -0.492 e. The van der Waals surface area contributed by atoms with Gasteiger partial charge in [0, 0.05) is 5.56 Å². The van der Waals surface area contributed by atoms with E-state index in [1.165, 1.54) is 0 Å². The van der Waals surface area contributed by atoms with Gasteiger partial charge in [0.15, 0.2) is 0 Å². The fourth-order valence-corrected chi connectivity index (χ4v) is 1.65. The molecular weight excluding hydrogens is 274 g/mol. The lowest BCUT2D eigenvalue weighted by Gasteiger charge is -2.11. The second-order valence-corrected chi connectivity index (χ2v) is 5.01. The third-order valence-corrected chi connectivity index (χ3v) is 2.64. The largest absolute Gasteiger partial charge is 0.492 e. The van der Waals surface area contributed by atoms with Crippen LogP contribution >= 0.6 is 28.1 Å². The molecule has 1 aromatic carbocycles. The summed E-state index contributed by atoms with van der Waals surface area (Å²) < 4.78 is 6.48. The van der Waals surface area contributed by atoms with Gasteiger partial charge in [-0.05, 0) is 40.0 Å². The SMILES string of the molecule is CC(C)COc1ccc(C(N)=S)cc1Br. The molecule has 2 N–H and O–H groups in total. The summed E-state index contributed by atoms with van der Waals surface area (Å²) in [6.45, 7) is 4.92. The molecule has 0 aliphatic heterocycles. The molecule has 1 aromatic rings. The van der Waals surface area contributed by atoms with Crippen LogP contribution in [-0.2, 0) is 0 Å². The van der Waals surface area contributed by atoms with Crippen molar-refractivity contribution in [3.63, 3.8) is 0 Å². The van der Waals surface area contributed by atoms with Gasteiger partial charge in [-0.25, -0.2) is 0 Å². The maximum absolute atomic E-state index is 5.60. The topological polar surface area (TPSA) is 35.2 Å². The van der Waals surface area contributed by atoms with Crippen molar-refractivity contribution in [2.75, 3.05) is 6.61 Å². The molecule has 0 spiro atoms. The van der Waals surface area contributed by atoms with Crippen molar-refractivity contribution in [1.29, 1.82) is 0 Å². The van der Waals surface area contributed by atoms with Crippen LogP contribution < -0.4 is 10.5 Å². The molecule has 2 nitrogen and oxygen atoms in total. The highest BCUT2D eigenvalue weighted by Gasteiger charge is 2.05. The zero-order chi connectivity index (χ0) is 11.4. The number of nitrogens with two attached hydrogens (primary N) is 1. The van der Waals surface area contributed by atoms with Crippen molar-refractivity contribution < 1.29 is 4.74 Å². The Morgan fingerprint density at radius 3 is 2.67 bits per heavy atom. The first-order valence-electron chi connectivity index (χ1n) is 4.73. The lowest BCUT2D eigenvalue weighted by molar-refractivity contribution is 0.269. The zero-order valence-electron chi connectivity index (χ0n) is 8.79. The van der Waals surface area contributed by atoms with E-state index in [1.54, 1.807) is 0 Å². The standard InChI is InChI=1S/C11H14BrNOS/c1-7(2)6-14-10-4-3-8(11(13)15)5-9(10)12/h3-5,7H,6H2,1-2H3,(H2,13,15). The molecule has 0 fully saturated rings. The molecule has 0 heterocycles. The lowest BCUT2D eigenvalue weighted by Crippen LogP contribution is -2.10. The van der Waals surface area contributed by atoms with Crippen molar-refractivity contribution >= 4 is 33.1 Å². The Morgan fingerprint density at radius 1 is 1.53 bits per heavy atom. The highest BCUT2D eigenvalue weighted by molar-refractivity contribution is 9.10. The molecule has 82 valence electrons. The van der Waals surface area contributed by atoms with Crippen LogP contribution in [0.1, 0.15) is 19.4 Å². The minimum absolute atomic E-state index is 0.395. The van der Waals surface area contributed by atoms with Crippen molar-refractivity contribution in [3.8, 4) is 5.75 Å². The highest BCUT2D eigenvalue weighted by atomic mass is 79.9. The molecule has 0 aromatic heterocycles. The summed E-state index contributed by atoms with van der Waals surface area (Å²) in [6.07, 6.45) is 0. The van der Waals surface area contributed by atoms with E-state index in [0.717, 1.165) is 15.8 Å². The second kappa shape index (κ2) is 5.47. The van der Waals surface area contributed by atoms with E-state index in [9.17, 15) is 0 Å². The first-order valence-corrected chi connectivity index (χ1v) is 5.93. The van der Waals surface area contributed by atoms with E-state index >= 15 is 0 Å². The lowest BCUT2D eigenvalue weighted by atomic mass is 10.2. The third-order valence-electron chi connectivity index (χ3n) is 1.79. The van der Waals surface area contributed by atoms with Crippen molar-refractivity contribution in [3.05, 3.63) is 28.2 Å². The van der Waals surface area contributed by atoms with Gasteiger partial charge in [-0.2, -0.15) is 0 Å². The number of thiocarbonyl (C=S) groups is 1. The van der Waals surface area contributed by atoms with Crippen LogP contribution in [0.5, 0.6) is 5.75 Å². The average Bonchev–Trinajstić information content (AvgIpc) is 2.15. The molecule has 1 rings (SSSR count). The Hall–Kier alpha value is -0.610. The number of hydrogen-bond donors (Lipinski definition) is 1. The van der Waals surface area contributed by atoms with E-state index in [2.05, 4.69) is 29.8 Å². The van der Waals surface area contributed by atoms with E-state index in [4.69, 9.17) is 22.7 Å². The number of rotatable bonds is 4. The van der Waals surface area contributed by atoms with Gasteiger partial charge in [-0.3, -0.25) is 0 Å². The second-order valence-electron chi connectivity index (χ2n) is 3.71. The van der Waals surface area contributed by atoms with Gasteiger partial charge in [-0.15, -0.1) is 0 Å². The molecule has 0 amide bonds. The summed E-state index contributed by atoms with van der Waals surface area (Å²) in [4.78, 5) is 0.395. The van der Waals surface area contributed by atoms with Crippen LogP contribution in [-0.4, -0.2) is 11.6 Å². The van der Waals surface area contributed by atoms with E-state index < -0.39 is 0 Å². The van der Waals surface area contributed by atoms with E-state index in [1.807, 2.05) is 18.2 Å². The molecule has 0 saturated carbocycles. The monoisotopic (exact) mass is 287 g/mol. The normalized spacial score (nSPS) is 10.4. The fourth-order valence-electron chi connectivity index (χ4n) is 1.03. The van der Waals surface area contributed by atoms with Crippen LogP contribution in [0.3, 0.4) is 0 Å². The van der Waals surface area contributed by atoms with E-state index in [0.29, 0.717) is 17.5 Å². The zero-order valence-corrected chi connectivity index (χ0v) is 11.2. The third kappa shape index (κ3) is 3.80. The Balaban J connectivity index is 2.79. The molecule has 4 heteroatoms. The number of ether oxygens (including phenoxy) is 1. The maximum Gasteiger partial charge on any atom is 0.133 e. The van der Waals surface area contributed by atoms with Gasteiger partial charge in [0.05, 0.1) is 11.1 Å². The summed E-state index contributed by atoms with van der Waals surface area (Å²) in [7, 11) is 0. The summed E-state index contributed by atoms with van der Waals surface area (Å²) in [5.74, 6) is 1.33. The Kier molecular flexibility index (Phi) is 4.54. The summed E-state index contributed by atoms with van der Waals surface area (Å²) in [6, 6.07) is 5.61. The van der Waals surface area contributed by atoms with Gasteiger partial charge in [0.1, 0.15) is 10.7 Å². The van der Waals surface area contributed by atoms with Crippen LogP contribution in [0.25, 0.3) is 0 Å². The van der Waals surface area contributed by atoms with Crippen molar-refractivity contribution in [2.24, 2.45) is 11.7 Å². The molecule has 0 radical (unpaired) electrons. The predicted octanol–water partition coefficient (Wildman–Crippen LogP) is 3.12. The van der Waals surface area contributed by atoms with Gasteiger partial charge >= 0.3 is 0 Å². The Morgan fingerprint density at radius 2 is 2.20 bits per heavy atom. The predicted molar refractivity (Wildman–Crippen MR) is 70.4 cm³/mol. The molecule has 0 aliphatic carbocycles. The maximum atomic E-state index is 5.60. The highest BCUT2D eigenvalue weighted by Crippen LogP contribution is 2.26. The Labute approximate surface area is 104 Å². The minimum atomic E-state index is 0.395. The molecule has 0 aliphatic rings. The fraction of sp³-hybridized carbons (Fsp3) is 0.364. The molecule has 0 saturated heterocycles. The van der Waals surface area contributed by atoms with E-state index in [-0.39, 0.29) is 0 Å². The molecule has 0 bridgehead atoms. The van der Waals surface area contributed by atoms with Crippen LogP contribution in [0.2, 0.25) is 0 Å². The van der Waals surface area contributed by atoms with Gasteiger partial charge in [0.2, 0.25) is 0 Å². The summed E-state index contributed by atoms with van der Waals surface area (Å²) in [5, 5.41) is 0. The summed E-state index contributed by atoms with van der Waals surface area (Å²) in [5.41, 5.74) is 6.37. The van der Waals surface area contributed by atoms with Crippen LogP contribution in [0.15, 0.2) is 22.7 Å². The Bertz CT molecular complexity index is 366.